The molecule has 25 heavy (non-hydrogen) atoms. The van der Waals surface area contributed by atoms with E-state index in [9.17, 15) is 4.79 Å². The predicted molar refractivity (Wildman–Crippen MR) is 96.3 cm³/mol. The average molecular weight is 338 g/mol. The van der Waals surface area contributed by atoms with Gasteiger partial charge < -0.3 is 14.8 Å². The van der Waals surface area contributed by atoms with Crippen LogP contribution < -0.4 is 15.0 Å². The van der Waals surface area contributed by atoms with E-state index in [1.54, 1.807) is 12.0 Å². The minimum Gasteiger partial charge on any atom is -0.496 e. The molecular formula is C20H22N2O3. The fourth-order valence-electron chi connectivity index (χ4n) is 3.60. The number of nitrogens with one attached hydrogen (secondary N) is 1. The Morgan fingerprint density at radius 1 is 1.12 bits per heavy atom. The maximum Gasteiger partial charge on any atom is 0.415 e. The molecule has 1 fully saturated rings. The summed E-state index contributed by atoms with van der Waals surface area (Å²) in [5.41, 5.74) is 4.49. The Labute approximate surface area is 147 Å². The summed E-state index contributed by atoms with van der Waals surface area (Å²) >= 11 is 0. The van der Waals surface area contributed by atoms with Gasteiger partial charge in [0.25, 0.3) is 0 Å². The standard InChI is InChI=1S/C20H22N2O3/c1-24-18-5-3-2-4-17(18)19-13-22(20(23)25-19)16-7-6-14-8-10-21-11-9-15(14)12-16/h2-7,12,19,21H,8-11,13H2,1H3. The maximum atomic E-state index is 12.4. The largest absolute Gasteiger partial charge is 0.496 e. The number of amides is 1. The van der Waals surface area contributed by atoms with Crippen LogP contribution in [0.25, 0.3) is 0 Å². The first-order valence-electron chi connectivity index (χ1n) is 8.70. The summed E-state index contributed by atoms with van der Waals surface area (Å²) in [5.74, 6) is 0.746. The summed E-state index contributed by atoms with van der Waals surface area (Å²) in [7, 11) is 1.63. The summed E-state index contributed by atoms with van der Waals surface area (Å²) in [6.07, 6.45) is 1.40. The number of carbonyl (C=O) groups is 1. The van der Waals surface area contributed by atoms with Crippen molar-refractivity contribution in [3.05, 3.63) is 59.2 Å². The van der Waals surface area contributed by atoms with Crippen LogP contribution in [-0.4, -0.2) is 32.8 Å². The number of cyclic esters (lactones) is 1. The third kappa shape index (κ3) is 3.07. The van der Waals surface area contributed by atoms with Crippen LogP contribution in [0.2, 0.25) is 0 Å². The Morgan fingerprint density at radius 2 is 1.92 bits per heavy atom. The molecule has 0 saturated carbocycles. The van der Waals surface area contributed by atoms with Gasteiger partial charge in [0.15, 0.2) is 6.10 Å². The normalized spacial score (nSPS) is 20.0. The Morgan fingerprint density at radius 3 is 2.76 bits per heavy atom. The molecule has 2 aromatic carbocycles. The highest BCUT2D eigenvalue weighted by atomic mass is 16.6. The number of carbonyl (C=O) groups excluding carboxylic acids is 1. The van der Waals surface area contributed by atoms with Gasteiger partial charge in [0.1, 0.15) is 5.75 Å². The lowest BCUT2D eigenvalue weighted by atomic mass is 10.0. The van der Waals surface area contributed by atoms with E-state index in [0.29, 0.717) is 6.54 Å². The summed E-state index contributed by atoms with van der Waals surface area (Å²) in [6.45, 7) is 2.48. The van der Waals surface area contributed by atoms with Crippen LogP contribution in [0.1, 0.15) is 22.8 Å². The van der Waals surface area contributed by atoms with Gasteiger partial charge in [-0.3, -0.25) is 4.90 Å². The lowest BCUT2D eigenvalue weighted by Crippen LogP contribution is -2.23. The van der Waals surface area contributed by atoms with Gasteiger partial charge >= 0.3 is 6.09 Å². The molecule has 0 aromatic heterocycles. The van der Waals surface area contributed by atoms with Crippen molar-refractivity contribution in [3.63, 3.8) is 0 Å². The van der Waals surface area contributed by atoms with E-state index in [1.807, 2.05) is 30.3 Å². The van der Waals surface area contributed by atoms with Gasteiger partial charge in [0, 0.05) is 11.3 Å². The second-order valence-electron chi connectivity index (χ2n) is 6.43. The molecule has 1 unspecified atom stereocenters. The molecular weight excluding hydrogens is 316 g/mol. The lowest BCUT2D eigenvalue weighted by molar-refractivity contribution is 0.140. The molecule has 5 heteroatoms. The smallest absolute Gasteiger partial charge is 0.415 e. The number of fused-ring (bicyclic) bond motifs is 1. The molecule has 2 aliphatic heterocycles. The Hall–Kier alpha value is -2.53. The van der Waals surface area contributed by atoms with Gasteiger partial charge in [-0.05, 0) is 55.3 Å². The first-order valence-corrected chi connectivity index (χ1v) is 8.70. The van der Waals surface area contributed by atoms with Crippen molar-refractivity contribution in [1.29, 1.82) is 0 Å². The number of hydrogen-bond acceptors (Lipinski definition) is 4. The first-order chi connectivity index (χ1) is 12.3. The van der Waals surface area contributed by atoms with Crippen LogP contribution >= 0.6 is 0 Å². The highest BCUT2D eigenvalue weighted by Gasteiger charge is 2.35. The number of anilines is 1. The minimum atomic E-state index is -0.316. The molecule has 4 rings (SSSR count). The molecule has 1 atom stereocenters. The zero-order chi connectivity index (χ0) is 17.2. The molecule has 2 aliphatic rings. The van der Waals surface area contributed by atoms with E-state index in [-0.39, 0.29) is 12.2 Å². The van der Waals surface area contributed by atoms with Crippen LogP contribution in [0.3, 0.4) is 0 Å². The van der Waals surface area contributed by atoms with Gasteiger partial charge in [-0.2, -0.15) is 0 Å². The van der Waals surface area contributed by atoms with E-state index < -0.39 is 0 Å². The molecule has 0 radical (unpaired) electrons. The fourth-order valence-corrected chi connectivity index (χ4v) is 3.60. The summed E-state index contributed by atoms with van der Waals surface area (Å²) in [6, 6.07) is 14.0. The lowest BCUT2D eigenvalue weighted by Gasteiger charge is -2.16. The van der Waals surface area contributed by atoms with Crippen LogP contribution in [0.4, 0.5) is 10.5 Å². The molecule has 1 N–H and O–H groups in total. The van der Waals surface area contributed by atoms with Crippen molar-refractivity contribution in [2.24, 2.45) is 0 Å². The highest BCUT2D eigenvalue weighted by molar-refractivity contribution is 5.90. The molecule has 2 heterocycles. The molecule has 1 saturated heterocycles. The van der Waals surface area contributed by atoms with Crippen molar-refractivity contribution in [1.82, 2.24) is 5.32 Å². The van der Waals surface area contributed by atoms with E-state index >= 15 is 0 Å². The van der Waals surface area contributed by atoms with Gasteiger partial charge in [-0.25, -0.2) is 4.79 Å². The summed E-state index contributed by atoms with van der Waals surface area (Å²) in [5, 5.41) is 3.41. The van der Waals surface area contributed by atoms with Crippen molar-refractivity contribution in [2.75, 3.05) is 31.6 Å². The van der Waals surface area contributed by atoms with Crippen LogP contribution in [0.15, 0.2) is 42.5 Å². The van der Waals surface area contributed by atoms with Gasteiger partial charge in [0.05, 0.1) is 13.7 Å². The summed E-state index contributed by atoms with van der Waals surface area (Å²) < 4.78 is 11.0. The second-order valence-corrected chi connectivity index (χ2v) is 6.43. The molecule has 2 aromatic rings. The second kappa shape index (κ2) is 6.76. The molecule has 1 amide bonds. The van der Waals surface area contributed by atoms with Gasteiger partial charge in [0.2, 0.25) is 0 Å². The highest BCUT2D eigenvalue weighted by Crippen LogP contribution is 2.35. The van der Waals surface area contributed by atoms with Crippen molar-refractivity contribution < 1.29 is 14.3 Å². The monoisotopic (exact) mass is 338 g/mol. The third-order valence-electron chi connectivity index (χ3n) is 4.94. The number of ether oxygens (including phenoxy) is 2. The minimum absolute atomic E-state index is 0.303. The number of hydrogen-bond donors (Lipinski definition) is 1. The first kappa shape index (κ1) is 16.0. The van der Waals surface area contributed by atoms with Crippen molar-refractivity contribution in [3.8, 4) is 5.75 Å². The van der Waals surface area contributed by atoms with Crippen LogP contribution in [-0.2, 0) is 17.6 Å². The summed E-state index contributed by atoms with van der Waals surface area (Å²) in [4.78, 5) is 14.2. The molecule has 0 spiro atoms. The van der Waals surface area contributed by atoms with E-state index in [1.165, 1.54) is 11.1 Å². The SMILES string of the molecule is COc1ccccc1C1CN(c2ccc3c(c2)CCNCC3)C(=O)O1. The Kier molecular flexibility index (Phi) is 4.32. The van der Waals surface area contributed by atoms with E-state index in [0.717, 1.165) is 42.9 Å². The molecule has 130 valence electrons. The quantitative estimate of drug-likeness (QED) is 0.934. The van der Waals surface area contributed by atoms with E-state index in [4.69, 9.17) is 9.47 Å². The fraction of sp³-hybridized carbons (Fsp3) is 0.350. The number of para-hydroxylation sites is 1. The number of nitrogens with zero attached hydrogens (tertiary/aromatic N) is 1. The van der Waals surface area contributed by atoms with Gasteiger partial charge in [-0.1, -0.05) is 24.3 Å². The Bertz CT molecular complexity index is 790. The van der Waals surface area contributed by atoms with Crippen molar-refractivity contribution in [2.45, 2.75) is 18.9 Å². The van der Waals surface area contributed by atoms with Crippen LogP contribution in [0, 0.1) is 0 Å². The molecule has 5 nitrogen and oxygen atoms in total. The molecule has 0 bridgehead atoms. The predicted octanol–water partition coefficient (Wildman–Crippen LogP) is 3.08. The maximum absolute atomic E-state index is 12.4. The number of rotatable bonds is 3. The van der Waals surface area contributed by atoms with Crippen LogP contribution in [0.5, 0.6) is 5.75 Å². The topological polar surface area (TPSA) is 50.8 Å². The zero-order valence-corrected chi connectivity index (χ0v) is 14.3. The molecule has 0 aliphatic carbocycles. The van der Waals surface area contributed by atoms with Gasteiger partial charge in [-0.15, -0.1) is 0 Å². The Balaban J connectivity index is 1.60. The number of benzene rings is 2. The van der Waals surface area contributed by atoms with E-state index in [2.05, 4.69) is 17.4 Å². The third-order valence-corrected chi connectivity index (χ3v) is 4.94. The van der Waals surface area contributed by atoms with Crippen molar-refractivity contribution >= 4 is 11.8 Å². The number of methoxy groups -OCH3 is 1. The zero-order valence-electron chi connectivity index (χ0n) is 14.3. The average Bonchev–Trinajstić information content (AvgIpc) is 2.88.